The van der Waals surface area contributed by atoms with E-state index in [-0.39, 0.29) is 12.0 Å². The average Bonchev–Trinajstić information content (AvgIpc) is 3.57. The number of benzene rings is 1. The minimum Gasteiger partial charge on any atom is -0.489 e. The Hall–Kier alpha value is -3.37. The fourth-order valence-electron chi connectivity index (χ4n) is 3.34. The lowest BCUT2D eigenvalue weighted by molar-refractivity contribution is 0.0950. The van der Waals surface area contributed by atoms with E-state index in [4.69, 9.17) is 25.5 Å². The normalized spacial score (nSPS) is 17.7. The van der Waals surface area contributed by atoms with Gasteiger partial charge in [-0.25, -0.2) is 9.78 Å². The summed E-state index contributed by atoms with van der Waals surface area (Å²) in [5.74, 6) is 1.27. The Morgan fingerprint density at radius 1 is 1.19 bits per heavy atom. The summed E-state index contributed by atoms with van der Waals surface area (Å²) in [7, 11) is 0. The summed E-state index contributed by atoms with van der Waals surface area (Å²) < 4.78 is 6.06. The van der Waals surface area contributed by atoms with Gasteiger partial charge < -0.3 is 36.4 Å². The molecular formula is C22H28N4O6. The maximum atomic E-state index is 12.2. The predicted octanol–water partition coefficient (Wildman–Crippen LogP) is 1.80. The smallest absolute Gasteiger partial charge is 0.489 e. The number of nitrogens with two attached hydrogens (primary N) is 1. The van der Waals surface area contributed by atoms with Crippen molar-refractivity contribution in [3.8, 4) is 5.75 Å². The van der Waals surface area contributed by atoms with Crippen molar-refractivity contribution >= 4 is 17.9 Å². The van der Waals surface area contributed by atoms with Gasteiger partial charge in [-0.15, -0.1) is 0 Å². The molecule has 1 aliphatic carbocycles. The van der Waals surface area contributed by atoms with Crippen molar-refractivity contribution < 1.29 is 29.6 Å². The van der Waals surface area contributed by atoms with Crippen molar-refractivity contribution in [2.24, 2.45) is 0 Å². The van der Waals surface area contributed by atoms with Gasteiger partial charge in [0, 0.05) is 36.5 Å². The second kappa shape index (κ2) is 10.8. The molecule has 10 nitrogen and oxygen atoms in total. The van der Waals surface area contributed by atoms with Crippen LogP contribution in [0.1, 0.15) is 46.9 Å². The van der Waals surface area contributed by atoms with Gasteiger partial charge in [0.2, 0.25) is 0 Å². The van der Waals surface area contributed by atoms with Crippen LogP contribution in [-0.2, 0) is 6.42 Å². The van der Waals surface area contributed by atoms with Crippen LogP contribution >= 0.6 is 0 Å². The molecule has 7 N–H and O–H groups in total. The number of carbonyl (C=O) groups is 2. The third kappa shape index (κ3) is 7.10. The number of amides is 1. The lowest BCUT2D eigenvalue weighted by Gasteiger charge is -2.27. The highest BCUT2D eigenvalue weighted by Gasteiger charge is 2.25. The molecule has 0 spiro atoms. The van der Waals surface area contributed by atoms with Crippen molar-refractivity contribution in [3.63, 3.8) is 0 Å². The van der Waals surface area contributed by atoms with Crippen LogP contribution in [-0.4, -0.2) is 57.6 Å². The van der Waals surface area contributed by atoms with Crippen LogP contribution in [0.15, 0.2) is 36.5 Å². The van der Waals surface area contributed by atoms with E-state index in [1.54, 1.807) is 18.3 Å². The van der Waals surface area contributed by atoms with Crippen LogP contribution in [0.4, 0.5) is 10.6 Å². The topological polar surface area (TPSA) is 167 Å². The highest BCUT2D eigenvalue weighted by Crippen LogP contribution is 2.29. The number of nitrogens with zero attached hydrogens (tertiary/aromatic N) is 1. The molecule has 0 unspecified atom stereocenters. The minimum absolute atomic E-state index is 0.000218. The Labute approximate surface area is 185 Å². The number of pyridine rings is 1. The Morgan fingerprint density at radius 2 is 1.94 bits per heavy atom. The summed E-state index contributed by atoms with van der Waals surface area (Å²) in [5, 5.41) is 30.4. The number of fused-ring (bicyclic) bond motifs is 1. The molecule has 0 bridgehead atoms. The van der Waals surface area contributed by atoms with Gasteiger partial charge in [0.1, 0.15) is 17.7 Å². The zero-order valence-electron chi connectivity index (χ0n) is 17.5. The average molecular weight is 444 g/mol. The highest BCUT2D eigenvalue weighted by atomic mass is 16.6. The van der Waals surface area contributed by atoms with Crippen molar-refractivity contribution in [2.75, 3.05) is 18.8 Å². The molecule has 0 saturated heterocycles. The van der Waals surface area contributed by atoms with Gasteiger partial charge in [0.05, 0.1) is 6.10 Å². The van der Waals surface area contributed by atoms with Crippen molar-refractivity contribution in [1.82, 2.24) is 15.6 Å². The first-order valence-corrected chi connectivity index (χ1v) is 10.4. The van der Waals surface area contributed by atoms with E-state index in [1.807, 2.05) is 18.2 Å². The SMILES string of the molecule is Nc1ccc([C@@H](O)CNC[C@H]2CCc3cc(C(=O)NC4CC4)ccc3O2)cn1.O=C(O)O. The lowest BCUT2D eigenvalue weighted by Crippen LogP contribution is -2.36. The van der Waals surface area contributed by atoms with Crippen LogP contribution in [0.25, 0.3) is 0 Å². The number of hydrogen-bond donors (Lipinski definition) is 6. The van der Waals surface area contributed by atoms with Gasteiger partial charge in [-0.05, 0) is 55.5 Å². The molecule has 2 aromatic rings. The maximum Gasteiger partial charge on any atom is 0.503 e. The number of aryl methyl sites for hydroxylation is 1. The predicted molar refractivity (Wildman–Crippen MR) is 117 cm³/mol. The molecule has 2 heterocycles. The number of aliphatic hydroxyl groups excluding tert-OH is 1. The van der Waals surface area contributed by atoms with Gasteiger partial charge in [-0.3, -0.25) is 4.79 Å². The zero-order valence-corrected chi connectivity index (χ0v) is 17.5. The largest absolute Gasteiger partial charge is 0.503 e. The monoisotopic (exact) mass is 444 g/mol. The highest BCUT2D eigenvalue weighted by molar-refractivity contribution is 5.95. The summed E-state index contributed by atoms with van der Waals surface area (Å²) >= 11 is 0. The van der Waals surface area contributed by atoms with E-state index in [9.17, 15) is 9.90 Å². The number of aliphatic hydroxyl groups is 1. The maximum absolute atomic E-state index is 12.2. The Morgan fingerprint density at radius 3 is 2.59 bits per heavy atom. The molecule has 1 aliphatic heterocycles. The van der Waals surface area contributed by atoms with Crippen LogP contribution in [0.5, 0.6) is 5.75 Å². The quantitative estimate of drug-likeness (QED) is 0.373. The minimum atomic E-state index is -1.83. The molecule has 32 heavy (non-hydrogen) atoms. The van der Waals surface area contributed by atoms with Gasteiger partial charge in [-0.2, -0.15) is 0 Å². The van der Waals surface area contributed by atoms with E-state index in [0.29, 0.717) is 30.5 Å². The summed E-state index contributed by atoms with van der Waals surface area (Å²) in [5.41, 5.74) is 8.07. The Bertz CT molecular complexity index is 929. The van der Waals surface area contributed by atoms with Gasteiger partial charge in [-0.1, -0.05) is 6.07 Å². The summed E-state index contributed by atoms with van der Waals surface area (Å²) in [4.78, 5) is 24.7. The molecular weight excluding hydrogens is 416 g/mol. The third-order valence-corrected chi connectivity index (χ3v) is 5.17. The standard InChI is InChI=1S/C21H26N4O3.CH2O3/c22-20-8-3-15(10-24-20)18(26)12-23-11-17-6-1-13-9-14(2-7-19(13)28-17)21(27)25-16-4-5-16;2-1(3)4/h2-3,7-10,16-18,23,26H,1,4-6,11-12H2,(H2,22,24)(H,25,27);(H2,2,3,4)/t17-,18+;/m1./s1. The molecule has 172 valence electrons. The third-order valence-electron chi connectivity index (χ3n) is 5.17. The van der Waals surface area contributed by atoms with Gasteiger partial charge in [0.15, 0.2) is 0 Å². The number of carboxylic acid groups (broad SMARTS) is 2. The van der Waals surface area contributed by atoms with Crippen LogP contribution < -0.4 is 21.1 Å². The molecule has 2 aliphatic rings. The van der Waals surface area contributed by atoms with E-state index in [2.05, 4.69) is 15.6 Å². The van der Waals surface area contributed by atoms with E-state index < -0.39 is 12.3 Å². The van der Waals surface area contributed by atoms with E-state index in [1.165, 1.54) is 0 Å². The fraction of sp³-hybridized carbons (Fsp3) is 0.409. The van der Waals surface area contributed by atoms with E-state index >= 15 is 0 Å². The Balaban J connectivity index is 0.000000668. The molecule has 1 amide bonds. The summed E-state index contributed by atoms with van der Waals surface area (Å²) in [6.07, 6.45) is 3.05. The van der Waals surface area contributed by atoms with Crippen LogP contribution in [0.3, 0.4) is 0 Å². The lowest BCUT2D eigenvalue weighted by atomic mass is 9.99. The van der Waals surface area contributed by atoms with Crippen LogP contribution in [0, 0.1) is 0 Å². The summed E-state index contributed by atoms with van der Waals surface area (Å²) in [6, 6.07) is 9.46. The molecule has 2 atom stereocenters. The molecule has 1 saturated carbocycles. The first kappa shape index (κ1) is 23.3. The number of hydrogen-bond acceptors (Lipinski definition) is 7. The second-order valence-corrected chi connectivity index (χ2v) is 7.82. The first-order chi connectivity index (χ1) is 15.3. The Kier molecular flexibility index (Phi) is 7.85. The summed E-state index contributed by atoms with van der Waals surface area (Å²) in [6.45, 7) is 1.06. The van der Waals surface area contributed by atoms with Gasteiger partial charge >= 0.3 is 6.16 Å². The molecule has 1 aromatic heterocycles. The first-order valence-electron chi connectivity index (χ1n) is 10.4. The number of nitrogen functional groups attached to an aromatic ring is 1. The molecule has 10 heteroatoms. The number of aromatic nitrogens is 1. The molecule has 1 fully saturated rings. The molecule has 0 radical (unpaired) electrons. The number of anilines is 1. The van der Waals surface area contributed by atoms with Gasteiger partial charge in [0.25, 0.3) is 5.91 Å². The van der Waals surface area contributed by atoms with Crippen molar-refractivity contribution in [2.45, 2.75) is 43.9 Å². The zero-order chi connectivity index (χ0) is 23.1. The number of nitrogens with one attached hydrogen (secondary N) is 2. The van der Waals surface area contributed by atoms with Crippen molar-refractivity contribution in [3.05, 3.63) is 53.2 Å². The molecule has 4 rings (SSSR count). The van der Waals surface area contributed by atoms with Crippen molar-refractivity contribution in [1.29, 1.82) is 0 Å². The number of carbonyl (C=O) groups excluding carboxylic acids is 1. The van der Waals surface area contributed by atoms with E-state index in [0.717, 1.165) is 42.6 Å². The van der Waals surface area contributed by atoms with Crippen LogP contribution in [0.2, 0.25) is 0 Å². The molecule has 1 aromatic carbocycles. The number of rotatable bonds is 7. The number of ether oxygens (including phenoxy) is 1. The fourth-order valence-corrected chi connectivity index (χ4v) is 3.34. The second-order valence-electron chi connectivity index (χ2n) is 7.82.